The summed E-state index contributed by atoms with van der Waals surface area (Å²) in [5, 5.41) is 6.28. The second-order valence-corrected chi connectivity index (χ2v) is 1.96. The summed E-state index contributed by atoms with van der Waals surface area (Å²) in [6.45, 7) is 0. The summed E-state index contributed by atoms with van der Waals surface area (Å²) in [6.07, 6.45) is 4.37. The number of carbonyl (C=O) groups is 1. The first kappa shape index (κ1) is 8.19. The van der Waals surface area contributed by atoms with Crippen LogP contribution in [0.15, 0.2) is 30.7 Å². The third kappa shape index (κ3) is 2.37. The van der Waals surface area contributed by atoms with Gasteiger partial charge in [-0.15, -0.1) is 0 Å². The zero-order valence-corrected chi connectivity index (χ0v) is 6.27. The van der Waals surface area contributed by atoms with E-state index in [9.17, 15) is 4.79 Å². The number of aromatic amines is 1. The Morgan fingerprint density at radius 3 is 3.08 bits per heavy atom. The van der Waals surface area contributed by atoms with Crippen LogP contribution in [0.5, 0.6) is 0 Å². The van der Waals surface area contributed by atoms with Gasteiger partial charge in [0.05, 0.1) is 6.20 Å². The van der Waals surface area contributed by atoms with Gasteiger partial charge in [-0.2, -0.15) is 5.10 Å². The van der Waals surface area contributed by atoms with E-state index in [-0.39, 0.29) is 5.69 Å². The van der Waals surface area contributed by atoms with Gasteiger partial charge in [-0.05, 0) is 12.1 Å². The molecule has 12 heavy (non-hydrogen) atoms. The van der Waals surface area contributed by atoms with Crippen LogP contribution in [0.25, 0.3) is 0 Å². The zero-order valence-electron chi connectivity index (χ0n) is 6.27. The third-order valence-corrected chi connectivity index (χ3v) is 1.11. The van der Waals surface area contributed by atoms with Gasteiger partial charge in [0.15, 0.2) is 0 Å². The summed E-state index contributed by atoms with van der Waals surface area (Å²) in [5.74, 6) is -0.564. The number of nitrogens with zero attached hydrogens (tertiary/aromatic N) is 2. The number of hydrogen-bond acceptors (Lipinski definition) is 3. The van der Waals surface area contributed by atoms with Crippen LogP contribution in [-0.4, -0.2) is 21.1 Å². The van der Waals surface area contributed by atoms with Crippen molar-refractivity contribution >= 4 is 5.91 Å². The molecule has 1 aromatic heterocycles. The molecule has 0 bridgehead atoms. The molecular formula is C7H8N4O. The highest BCUT2D eigenvalue weighted by Gasteiger charge is 1.94. The van der Waals surface area contributed by atoms with E-state index in [0.717, 1.165) is 0 Å². The van der Waals surface area contributed by atoms with E-state index in [1.54, 1.807) is 12.3 Å². The number of H-pyrrole nitrogens is 1. The molecule has 1 rings (SSSR count). The van der Waals surface area contributed by atoms with Crippen LogP contribution in [-0.2, 0) is 0 Å². The van der Waals surface area contributed by atoms with Gasteiger partial charge in [0, 0.05) is 12.4 Å². The van der Waals surface area contributed by atoms with E-state index >= 15 is 0 Å². The van der Waals surface area contributed by atoms with Crippen LogP contribution in [0.4, 0.5) is 0 Å². The van der Waals surface area contributed by atoms with Gasteiger partial charge >= 0.3 is 0 Å². The quantitative estimate of drug-likeness (QED) is 0.614. The fourth-order valence-electron chi connectivity index (χ4n) is 0.604. The molecule has 3 N–H and O–H groups in total. The van der Waals surface area contributed by atoms with Gasteiger partial charge in [-0.25, -0.2) is 4.98 Å². The van der Waals surface area contributed by atoms with Gasteiger partial charge in [0.25, 0.3) is 5.91 Å². The number of nitrogens with one attached hydrogen (secondary N) is 1. The van der Waals surface area contributed by atoms with Crippen molar-refractivity contribution in [3.63, 3.8) is 0 Å². The predicted molar refractivity (Wildman–Crippen MR) is 42.5 cm³/mol. The molecule has 62 valence electrons. The molecule has 0 saturated heterocycles. The molecular weight excluding hydrogens is 156 g/mol. The number of amides is 1. The largest absolute Gasteiger partial charge is 0.364 e. The lowest BCUT2D eigenvalue weighted by Gasteiger charge is -1.84. The molecule has 0 fully saturated rings. The van der Waals surface area contributed by atoms with Crippen LogP contribution in [0.1, 0.15) is 10.5 Å². The number of primary amides is 1. The molecule has 5 heteroatoms. The van der Waals surface area contributed by atoms with E-state index in [2.05, 4.69) is 15.2 Å². The first-order valence-corrected chi connectivity index (χ1v) is 3.28. The molecule has 0 atom stereocenters. The average molecular weight is 164 g/mol. The smallest absolute Gasteiger partial charge is 0.267 e. The molecule has 1 amide bonds. The van der Waals surface area contributed by atoms with E-state index < -0.39 is 5.91 Å². The molecule has 0 radical (unpaired) electrons. The van der Waals surface area contributed by atoms with Crippen molar-refractivity contribution in [2.24, 2.45) is 5.73 Å². The van der Waals surface area contributed by atoms with Crippen LogP contribution in [0, 0.1) is 0 Å². The number of carbonyl (C=O) groups excluding carboxylic acids is 1. The summed E-state index contributed by atoms with van der Waals surface area (Å²) >= 11 is 0. The Morgan fingerprint density at radius 1 is 1.50 bits per heavy atom. The molecule has 0 aromatic carbocycles. The minimum absolute atomic E-state index is 0.196. The van der Waals surface area contributed by atoms with Crippen molar-refractivity contribution in [2.45, 2.75) is 0 Å². The Labute approximate surface area is 69.0 Å². The molecule has 0 aliphatic carbocycles. The molecule has 0 spiro atoms. The second-order valence-electron chi connectivity index (χ2n) is 1.96. The van der Waals surface area contributed by atoms with Gasteiger partial charge in [-0.3, -0.25) is 9.89 Å². The minimum atomic E-state index is -0.564. The maximum Gasteiger partial charge on any atom is 0.267 e. The van der Waals surface area contributed by atoms with E-state index in [1.807, 2.05) is 0 Å². The highest BCUT2D eigenvalue weighted by Crippen LogP contribution is 1.85. The van der Waals surface area contributed by atoms with Gasteiger partial charge < -0.3 is 5.73 Å². The highest BCUT2D eigenvalue weighted by molar-refractivity contribution is 5.90. The maximum absolute atomic E-state index is 10.7. The topological polar surface area (TPSA) is 84.7 Å². The van der Waals surface area contributed by atoms with E-state index in [4.69, 9.17) is 5.73 Å². The summed E-state index contributed by atoms with van der Waals surface area (Å²) in [6, 6.07) is 3.10. The Hall–Kier alpha value is -1.91. The summed E-state index contributed by atoms with van der Waals surface area (Å²) in [4.78, 5) is 14.4. The molecule has 1 heterocycles. The van der Waals surface area contributed by atoms with Crippen LogP contribution < -0.4 is 5.73 Å². The van der Waals surface area contributed by atoms with Crippen LogP contribution >= 0.6 is 0 Å². The highest BCUT2D eigenvalue weighted by atomic mass is 16.1. The molecule has 1 aromatic rings. The number of aromatic nitrogens is 3. The fourth-order valence-corrected chi connectivity index (χ4v) is 0.604. The summed E-state index contributed by atoms with van der Waals surface area (Å²) in [5.41, 5.74) is 5.21. The van der Waals surface area contributed by atoms with Crippen molar-refractivity contribution in [3.8, 4) is 0 Å². The SMILES string of the molecule is NC(=O)c1ccc[nH]nccn1. The van der Waals surface area contributed by atoms with Gasteiger partial charge in [0.2, 0.25) is 0 Å². The van der Waals surface area contributed by atoms with Crippen molar-refractivity contribution < 1.29 is 4.79 Å². The maximum atomic E-state index is 10.7. The Kier molecular flexibility index (Phi) is 2.78. The Balaban J connectivity index is 3.19. The standard InChI is InChI=1S/C7H8N4O/c8-7(12)6-2-1-3-10-11-5-4-9-6/h1-5,10H,(H2,8,12). The van der Waals surface area contributed by atoms with Gasteiger partial charge in [-0.1, -0.05) is 0 Å². The van der Waals surface area contributed by atoms with Crippen LogP contribution in [0.3, 0.4) is 0 Å². The molecule has 0 saturated carbocycles. The normalized spacial score (nSPS) is 8.67. The summed E-state index contributed by atoms with van der Waals surface area (Å²) in [7, 11) is 0. The second kappa shape index (κ2) is 4.07. The van der Waals surface area contributed by atoms with E-state index in [0.29, 0.717) is 0 Å². The number of hydrogen-bond donors (Lipinski definition) is 2. The van der Waals surface area contributed by atoms with Crippen LogP contribution in [0.2, 0.25) is 0 Å². The first-order valence-electron chi connectivity index (χ1n) is 3.28. The van der Waals surface area contributed by atoms with Crippen molar-refractivity contribution in [1.29, 1.82) is 0 Å². The lowest BCUT2D eigenvalue weighted by atomic mass is 10.4. The third-order valence-electron chi connectivity index (χ3n) is 1.11. The minimum Gasteiger partial charge on any atom is -0.364 e. The van der Waals surface area contributed by atoms with Crippen molar-refractivity contribution in [2.75, 3.05) is 0 Å². The Bertz CT molecular complexity index is 295. The number of rotatable bonds is 1. The summed E-state index contributed by atoms with van der Waals surface area (Å²) < 4.78 is 0. The lowest BCUT2D eigenvalue weighted by molar-refractivity contribution is 0.0995. The zero-order chi connectivity index (χ0) is 8.81. The van der Waals surface area contributed by atoms with Gasteiger partial charge in [0.1, 0.15) is 5.69 Å². The first-order chi connectivity index (χ1) is 5.80. The molecule has 5 nitrogen and oxygen atoms in total. The predicted octanol–water partition coefficient (Wildman–Crippen LogP) is 0.0280. The lowest BCUT2D eigenvalue weighted by Crippen LogP contribution is -2.11. The van der Waals surface area contributed by atoms with Crippen molar-refractivity contribution in [1.82, 2.24) is 15.2 Å². The molecule has 0 aliphatic rings. The monoisotopic (exact) mass is 164 g/mol. The average Bonchev–Trinajstić information content (AvgIpc) is 2.15. The molecule has 0 unspecified atom stereocenters. The Morgan fingerprint density at radius 2 is 2.33 bits per heavy atom. The van der Waals surface area contributed by atoms with E-state index in [1.165, 1.54) is 18.5 Å². The number of nitrogens with two attached hydrogens (primary N) is 1. The fraction of sp³-hybridized carbons (Fsp3) is 0. The molecule has 0 aliphatic heterocycles. The van der Waals surface area contributed by atoms with Crippen molar-refractivity contribution in [3.05, 3.63) is 36.4 Å².